The molecule has 1 aliphatic heterocycles. The molecule has 0 bridgehead atoms. The number of aliphatic hydroxyl groups excluding tert-OH is 1. The zero-order valence-electron chi connectivity index (χ0n) is 19.5. The first-order chi connectivity index (χ1) is 14.6. The fourth-order valence-electron chi connectivity index (χ4n) is 4.64. The minimum absolute atomic E-state index is 0.0729. The molecule has 1 aromatic heterocycles. The van der Waals surface area contributed by atoms with Crippen LogP contribution in [0.5, 0.6) is 5.88 Å². The van der Waals surface area contributed by atoms with Crippen molar-refractivity contribution in [1.82, 2.24) is 15.6 Å². The summed E-state index contributed by atoms with van der Waals surface area (Å²) in [4.78, 5) is 16.0. The summed E-state index contributed by atoms with van der Waals surface area (Å²) in [6.45, 7) is 12.9. The molecule has 3 atom stereocenters. The lowest BCUT2D eigenvalue weighted by Gasteiger charge is -2.47. The number of ether oxygens (including phenoxy) is 1. The minimum atomic E-state index is -0.584. The highest BCUT2D eigenvalue weighted by Gasteiger charge is 2.46. The van der Waals surface area contributed by atoms with E-state index in [0.717, 1.165) is 37.1 Å². The summed E-state index contributed by atoms with van der Waals surface area (Å²) in [5.74, 6) is 0.574. The smallest absolute Gasteiger partial charge is 0.218 e. The Kier molecular flexibility index (Phi) is 7.43. The molecule has 2 unspecified atom stereocenters. The zero-order chi connectivity index (χ0) is 22.6. The molecule has 1 aliphatic carbocycles. The molecular formula is C25H39N3O3. The fourth-order valence-corrected chi connectivity index (χ4v) is 4.64. The SMILES string of the molecule is C=CCC(CNC(C)=O)C(O)CN[C@H]1CC2(CCC2)Oc2ncc(CC(C)(C)C)cc21. The molecule has 2 aliphatic rings. The highest BCUT2D eigenvalue weighted by atomic mass is 16.5. The van der Waals surface area contributed by atoms with E-state index in [9.17, 15) is 9.90 Å². The predicted molar refractivity (Wildman–Crippen MR) is 123 cm³/mol. The van der Waals surface area contributed by atoms with E-state index in [2.05, 4.69) is 49.0 Å². The van der Waals surface area contributed by atoms with E-state index in [0.29, 0.717) is 19.5 Å². The Labute approximate surface area is 186 Å². The largest absolute Gasteiger partial charge is 0.471 e. The van der Waals surface area contributed by atoms with Crippen LogP contribution in [0.15, 0.2) is 24.9 Å². The van der Waals surface area contributed by atoms with Gasteiger partial charge in [0, 0.05) is 50.2 Å². The summed E-state index contributed by atoms with van der Waals surface area (Å²) in [5, 5.41) is 17.3. The second-order valence-corrected chi connectivity index (χ2v) is 10.6. The van der Waals surface area contributed by atoms with Gasteiger partial charge in [-0.2, -0.15) is 0 Å². The third kappa shape index (κ3) is 6.30. The maximum Gasteiger partial charge on any atom is 0.218 e. The van der Waals surface area contributed by atoms with Gasteiger partial charge in [0.1, 0.15) is 5.60 Å². The fraction of sp³-hybridized carbons (Fsp3) is 0.680. The Hall–Kier alpha value is -1.92. The molecule has 1 saturated carbocycles. The predicted octanol–water partition coefficient (Wildman–Crippen LogP) is 3.70. The second-order valence-electron chi connectivity index (χ2n) is 10.6. The van der Waals surface area contributed by atoms with Gasteiger partial charge in [-0.3, -0.25) is 4.79 Å². The standard InChI is InChI=1S/C25H39N3O3/c1-6-8-19(15-26-17(2)29)22(30)16-27-21-13-25(9-7-10-25)31-23-20(21)11-18(14-28-23)12-24(3,4)5/h6,11,14,19,21-22,27,30H,1,7-10,12-13,15-16H2,2-5H3,(H,26,29)/t19?,21-,22?/m0/s1. The summed E-state index contributed by atoms with van der Waals surface area (Å²) >= 11 is 0. The number of carbonyl (C=O) groups is 1. The van der Waals surface area contributed by atoms with E-state index in [1.54, 1.807) is 6.08 Å². The monoisotopic (exact) mass is 429 g/mol. The second kappa shape index (κ2) is 9.70. The molecule has 6 nitrogen and oxygen atoms in total. The quantitative estimate of drug-likeness (QED) is 0.522. The summed E-state index contributed by atoms with van der Waals surface area (Å²) in [5.41, 5.74) is 2.36. The molecule has 1 spiro atoms. The number of fused-ring (bicyclic) bond motifs is 1. The van der Waals surface area contributed by atoms with Crippen LogP contribution < -0.4 is 15.4 Å². The highest BCUT2D eigenvalue weighted by Crippen LogP contribution is 2.48. The van der Waals surface area contributed by atoms with Crippen LogP contribution in [0.3, 0.4) is 0 Å². The molecule has 2 heterocycles. The number of rotatable bonds is 9. The van der Waals surface area contributed by atoms with Crippen molar-refractivity contribution in [3.8, 4) is 5.88 Å². The lowest BCUT2D eigenvalue weighted by molar-refractivity contribution is -0.119. The van der Waals surface area contributed by atoms with E-state index in [4.69, 9.17) is 4.74 Å². The number of carbonyl (C=O) groups excluding carboxylic acids is 1. The first-order valence-corrected chi connectivity index (χ1v) is 11.6. The molecule has 0 saturated heterocycles. The van der Waals surface area contributed by atoms with Gasteiger partial charge in [-0.05, 0) is 49.1 Å². The number of nitrogens with one attached hydrogen (secondary N) is 2. The van der Waals surface area contributed by atoms with Gasteiger partial charge in [0.25, 0.3) is 0 Å². The Morgan fingerprint density at radius 3 is 2.74 bits per heavy atom. The van der Waals surface area contributed by atoms with Crippen molar-refractivity contribution in [2.75, 3.05) is 13.1 Å². The van der Waals surface area contributed by atoms with Crippen molar-refractivity contribution < 1.29 is 14.6 Å². The summed E-state index contributed by atoms with van der Waals surface area (Å²) in [6, 6.07) is 2.32. The van der Waals surface area contributed by atoms with Gasteiger partial charge in [-0.1, -0.05) is 26.8 Å². The molecule has 6 heteroatoms. The maximum absolute atomic E-state index is 11.3. The van der Waals surface area contributed by atoms with E-state index in [-0.39, 0.29) is 28.9 Å². The average molecular weight is 430 g/mol. The highest BCUT2D eigenvalue weighted by molar-refractivity contribution is 5.72. The van der Waals surface area contributed by atoms with E-state index < -0.39 is 6.10 Å². The molecule has 1 fully saturated rings. The summed E-state index contributed by atoms with van der Waals surface area (Å²) in [7, 11) is 0. The number of aliphatic hydroxyl groups is 1. The van der Waals surface area contributed by atoms with Crippen LogP contribution in [0.1, 0.15) is 77.0 Å². The molecule has 3 rings (SSSR count). The maximum atomic E-state index is 11.3. The van der Waals surface area contributed by atoms with Crippen molar-refractivity contribution in [1.29, 1.82) is 0 Å². The minimum Gasteiger partial charge on any atom is -0.471 e. The Morgan fingerprint density at radius 1 is 1.42 bits per heavy atom. The number of pyridine rings is 1. The third-order valence-electron chi connectivity index (χ3n) is 6.40. The third-order valence-corrected chi connectivity index (χ3v) is 6.40. The Morgan fingerprint density at radius 2 is 2.16 bits per heavy atom. The Bertz CT molecular complexity index is 783. The van der Waals surface area contributed by atoms with Crippen LogP contribution in [-0.2, 0) is 11.2 Å². The molecule has 1 aromatic rings. The van der Waals surface area contributed by atoms with Gasteiger partial charge in [0.2, 0.25) is 11.8 Å². The van der Waals surface area contributed by atoms with Gasteiger partial charge in [0.15, 0.2) is 0 Å². The molecule has 0 radical (unpaired) electrons. The van der Waals surface area contributed by atoms with Crippen LogP contribution >= 0.6 is 0 Å². The molecular weight excluding hydrogens is 390 g/mol. The van der Waals surface area contributed by atoms with Crippen LogP contribution in [0.25, 0.3) is 0 Å². The topological polar surface area (TPSA) is 83.5 Å². The number of hydrogen-bond donors (Lipinski definition) is 3. The summed E-state index contributed by atoms with van der Waals surface area (Å²) < 4.78 is 6.35. The van der Waals surface area contributed by atoms with Gasteiger partial charge in [0.05, 0.1) is 6.10 Å². The van der Waals surface area contributed by atoms with E-state index >= 15 is 0 Å². The first kappa shape index (κ1) is 23.7. The number of allylic oxidation sites excluding steroid dienone is 1. The van der Waals surface area contributed by atoms with E-state index in [1.165, 1.54) is 18.9 Å². The molecule has 172 valence electrons. The number of amides is 1. The lowest BCUT2D eigenvalue weighted by Crippen LogP contribution is -2.50. The molecule has 31 heavy (non-hydrogen) atoms. The Balaban J connectivity index is 1.74. The van der Waals surface area contributed by atoms with Crippen molar-refractivity contribution >= 4 is 5.91 Å². The van der Waals surface area contributed by atoms with Crippen molar-refractivity contribution in [3.05, 3.63) is 36.0 Å². The number of nitrogens with zero attached hydrogens (tertiary/aromatic N) is 1. The lowest BCUT2D eigenvalue weighted by atomic mass is 9.73. The van der Waals surface area contributed by atoms with Gasteiger partial charge in [-0.25, -0.2) is 4.98 Å². The van der Waals surface area contributed by atoms with Gasteiger partial charge in [-0.15, -0.1) is 6.58 Å². The normalized spacial score (nSPS) is 21.4. The van der Waals surface area contributed by atoms with Crippen molar-refractivity contribution in [2.24, 2.45) is 11.3 Å². The van der Waals surface area contributed by atoms with Crippen molar-refractivity contribution in [3.63, 3.8) is 0 Å². The number of hydrogen-bond acceptors (Lipinski definition) is 5. The van der Waals surface area contributed by atoms with Gasteiger partial charge < -0.3 is 20.5 Å². The molecule has 1 amide bonds. The van der Waals surface area contributed by atoms with Crippen molar-refractivity contribution in [2.45, 2.75) is 84.0 Å². The van der Waals surface area contributed by atoms with Gasteiger partial charge >= 0.3 is 0 Å². The zero-order valence-corrected chi connectivity index (χ0v) is 19.5. The van der Waals surface area contributed by atoms with Crippen LogP contribution in [0.2, 0.25) is 0 Å². The summed E-state index contributed by atoms with van der Waals surface area (Å²) in [6.07, 6.45) is 8.95. The molecule has 3 N–H and O–H groups in total. The first-order valence-electron chi connectivity index (χ1n) is 11.6. The van der Waals surface area contributed by atoms with Crippen LogP contribution in [0, 0.1) is 11.3 Å². The average Bonchev–Trinajstić information content (AvgIpc) is 2.66. The van der Waals surface area contributed by atoms with Crippen LogP contribution in [-0.4, -0.2) is 40.8 Å². The van der Waals surface area contributed by atoms with Crippen LogP contribution in [0.4, 0.5) is 0 Å². The number of aromatic nitrogens is 1. The van der Waals surface area contributed by atoms with E-state index in [1.807, 2.05) is 6.20 Å². The molecule has 0 aromatic carbocycles.